The molecule has 0 saturated carbocycles. The summed E-state index contributed by atoms with van der Waals surface area (Å²) in [6.45, 7) is 0.218. The van der Waals surface area contributed by atoms with E-state index in [0.717, 1.165) is 5.56 Å². The SMILES string of the molecule is O=C(/C=C/C=C/c1ccc2c(c1)OCO2)Nc1cnccc1C(=O)O. The molecule has 7 heteroatoms. The Hall–Kier alpha value is -3.61. The number of carboxylic acid groups (broad SMARTS) is 1. The lowest BCUT2D eigenvalue weighted by Crippen LogP contribution is -2.12. The minimum absolute atomic E-state index is 0.0207. The van der Waals surface area contributed by atoms with Gasteiger partial charge in [-0.1, -0.05) is 24.3 Å². The minimum atomic E-state index is -1.13. The largest absolute Gasteiger partial charge is 0.478 e. The number of carbonyl (C=O) groups excluding carboxylic acids is 1. The van der Waals surface area contributed by atoms with Crippen molar-refractivity contribution >= 4 is 23.6 Å². The molecule has 0 unspecified atom stereocenters. The van der Waals surface area contributed by atoms with Gasteiger partial charge in [-0.05, 0) is 23.8 Å². The Morgan fingerprint density at radius 3 is 2.84 bits per heavy atom. The van der Waals surface area contributed by atoms with Crippen LogP contribution in [0.15, 0.2) is 54.9 Å². The van der Waals surface area contributed by atoms with E-state index in [1.54, 1.807) is 18.2 Å². The molecule has 1 aromatic carbocycles. The molecule has 0 fully saturated rings. The number of hydrogen-bond donors (Lipinski definition) is 2. The van der Waals surface area contributed by atoms with Gasteiger partial charge >= 0.3 is 5.97 Å². The van der Waals surface area contributed by atoms with E-state index < -0.39 is 11.9 Å². The van der Waals surface area contributed by atoms with E-state index in [9.17, 15) is 9.59 Å². The maximum absolute atomic E-state index is 11.9. The van der Waals surface area contributed by atoms with Gasteiger partial charge in [0.2, 0.25) is 12.7 Å². The van der Waals surface area contributed by atoms with Crippen LogP contribution in [0, 0.1) is 0 Å². The van der Waals surface area contributed by atoms with E-state index in [1.807, 2.05) is 18.2 Å². The summed E-state index contributed by atoms with van der Waals surface area (Å²) in [7, 11) is 0. The first-order chi connectivity index (χ1) is 12.1. The van der Waals surface area contributed by atoms with E-state index in [4.69, 9.17) is 14.6 Å². The topological polar surface area (TPSA) is 97.8 Å². The standard InChI is InChI=1S/C18H14N2O5/c21-17(20-14-10-19-8-7-13(14)18(22)23)4-2-1-3-12-5-6-15-16(9-12)25-11-24-15/h1-10H,11H2,(H,20,21)(H,22,23)/b3-1+,4-2+. The molecule has 25 heavy (non-hydrogen) atoms. The molecule has 126 valence electrons. The first kappa shape index (κ1) is 16.3. The number of fused-ring (bicyclic) bond motifs is 1. The lowest BCUT2D eigenvalue weighted by Gasteiger charge is -2.04. The fraction of sp³-hybridized carbons (Fsp3) is 0.0556. The van der Waals surface area contributed by atoms with Crippen LogP contribution in [0.5, 0.6) is 11.5 Å². The fourth-order valence-electron chi connectivity index (χ4n) is 2.18. The van der Waals surface area contributed by atoms with E-state index in [-0.39, 0.29) is 18.0 Å². The minimum Gasteiger partial charge on any atom is -0.478 e. The van der Waals surface area contributed by atoms with Crippen molar-refractivity contribution in [3.8, 4) is 11.5 Å². The third-order valence-electron chi connectivity index (χ3n) is 3.35. The molecule has 0 radical (unpaired) electrons. The Balaban J connectivity index is 1.61. The summed E-state index contributed by atoms with van der Waals surface area (Å²) in [4.78, 5) is 26.7. The second kappa shape index (κ2) is 7.31. The van der Waals surface area contributed by atoms with Gasteiger partial charge in [-0.15, -0.1) is 0 Å². The van der Waals surface area contributed by atoms with Gasteiger partial charge in [-0.25, -0.2) is 4.79 Å². The lowest BCUT2D eigenvalue weighted by molar-refractivity contribution is -0.111. The number of amides is 1. The summed E-state index contributed by atoms with van der Waals surface area (Å²) < 4.78 is 10.5. The summed E-state index contributed by atoms with van der Waals surface area (Å²) >= 11 is 0. The highest BCUT2D eigenvalue weighted by atomic mass is 16.7. The molecule has 0 spiro atoms. The van der Waals surface area contributed by atoms with Gasteiger partial charge in [0.25, 0.3) is 0 Å². The van der Waals surface area contributed by atoms with Crippen molar-refractivity contribution in [2.24, 2.45) is 0 Å². The normalized spacial score (nSPS) is 12.6. The number of carboxylic acids is 1. The van der Waals surface area contributed by atoms with Gasteiger partial charge in [-0.3, -0.25) is 9.78 Å². The predicted molar refractivity (Wildman–Crippen MR) is 90.6 cm³/mol. The molecule has 1 aromatic heterocycles. The second-order valence-corrected chi connectivity index (χ2v) is 5.05. The van der Waals surface area contributed by atoms with Crippen molar-refractivity contribution in [2.45, 2.75) is 0 Å². The number of ether oxygens (including phenoxy) is 2. The van der Waals surface area contributed by atoms with Crippen LogP contribution in [-0.4, -0.2) is 28.8 Å². The number of hydrogen-bond acceptors (Lipinski definition) is 5. The quantitative estimate of drug-likeness (QED) is 0.642. The zero-order valence-corrected chi connectivity index (χ0v) is 13.0. The Kier molecular flexibility index (Phi) is 4.75. The molecule has 0 atom stereocenters. The number of carbonyl (C=O) groups is 2. The number of nitrogens with one attached hydrogen (secondary N) is 1. The fourth-order valence-corrected chi connectivity index (χ4v) is 2.18. The summed E-state index contributed by atoms with van der Waals surface area (Å²) in [5, 5.41) is 11.5. The molecule has 1 aliphatic heterocycles. The molecule has 1 amide bonds. The van der Waals surface area contributed by atoms with E-state index in [1.165, 1.54) is 24.5 Å². The molecule has 2 aromatic rings. The first-order valence-electron chi connectivity index (χ1n) is 7.36. The van der Waals surface area contributed by atoms with Crippen molar-refractivity contribution in [3.05, 3.63) is 66.0 Å². The number of benzene rings is 1. The van der Waals surface area contributed by atoms with Gasteiger partial charge in [-0.2, -0.15) is 0 Å². The maximum atomic E-state index is 11.9. The van der Waals surface area contributed by atoms with E-state index in [2.05, 4.69) is 10.3 Å². The van der Waals surface area contributed by atoms with Crippen LogP contribution in [-0.2, 0) is 4.79 Å². The van der Waals surface area contributed by atoms with Gasteiger partial charge in [0.1, 0.15) is 0 Å². The summed E-state index contributed by atoms with van der Waals surface area (Å²) in [6.07, 6.45) is 8.98. The summed E-state index contributed by atoms with van der Waals surface area (Å²) in [5.74, 6) is -0.199. The molecule has 7 nitrogen and oxygen atoms in total. The monoisotopic (exact) mass is 338 g/mol. The van der Waals surface area contributed by atoms with Gasteiger partial charge < -0.3 is 19.9 Å². The maximum Gasteiger partial charge on any atom is 0.337 e. The number of anilines is 1. The smallest absolute Gasteiger partial charge is 0.337 e. The highest BCUT2D eigenvalue weighted by molar-refractivity contribution is 6.04. The van der Waals surface area contributed by atoms with Crippen LogP contribution in [0.25, 0.3) is 6.08 Å². The molecule has 0 saturated heterocycles. The lowest BCUT2D eigenvalue weighted by atomic mass is 10.2. The van der Waals surface area contributed by atoms with Crippen LogP contribution in [0.2, 0.25) is 0 Å². The van der Waals surface area contributed by atoms with Crippen LogP contribution in [0.1, 0.15) is 15.9 Å². The molecule has 2 heterocycles. The van der Waals surface area contributed by atoms with Crippen molar-refractivity contribution in [1.82, 2.24) is 4.98 Å². The number of rotatable bonds is 5. The molecule has 3 rings (SSSR count). The average Bonchev–Trinajstić information content (AvgIpc) is 3.07. The molecule has 0 bridgehead atoms. The van der Waals surface area contributed by atoms with Crippen molar-refractivity contribution in [3.63, 3.8) is 0 Å². The van der Waals surface area contributed by atoms with Crippen LogP contribution >= 0.6 is 0 Å². The molecule has 1 aliphatic rings. The van der Waals surface area contributed by atoms with E-state index in [0.29, 0.717) is 11.5 Å². The third-order valence-corrected chi connectivity index (χ3v) is 3.35. The highest BCUT2D eigenvalue weighted by Gasteiger charge is 2.12. The number of pyridine rings is 1. The number of aromatic nitrogens is 1. The van der Waals surface area contributed by atoms with Gasteiger partial charge in [0, 0.05) is 12.3 Å². The molecule has 2 N–H and O–H groups in total. The van der Waals surface area contributed by atoms with Crippen molar-refractivity contribution in [1.29, 1.82) is 0 Å². The van der Waals surface area contributed by atoms with Crippen molar-refractivity contribution < 1.29 is 24.2 Å². The second-order valence-electron chi connectivity index (χ2n) is 5.05. The van der Waals surface area contributed by atoms with Gasteiger partial charge in [0.05, 0.1) is 17.4 Å². The van der Waals surface area contributed by atoms with Crippen LogP contribution in [0.3, 0.4) is 0 Å². The summed E-state index contributed by atoms with van der Waals surface area (Å²) in [5.41, 5.74) is 1.02. The number of allylic oxidation sites excluding steroid dienone is 2. The Morgan fingerprint density at radius 2 is 2.00 bits per heavy atom. The molecular formula is C18H14N2O5. The number of aromatic carboxylic acids is 1. The highest BCUT2D eigenvalue weighted by Crippen LogP contribution is 2.32. The molecular weight excluding hydrogens is 324 g/mol. The van der Waals surface area contributed by atoms with Crippen LogP contribution < -0.4 is 14.8 Å². The predicted octanol–water partition coefficient (Wildman–Crippen LogP) is 2.72. The van der Waals surface area contributed by atoms with E-state index >= 15 is 0 Å². The first-order valence-corrected chi connectivity index (χ1v) is 7.36. The van der Waals surface area contributed by atoms with Gasteiger partial charge in [0.15, 0.2) is 11.5 Å². The average molecular weight is 338 g/mol. The molecule has 0 aliphatic carbocycles. The third kappa shape index (κ3) is 4.03. The number of nitrogens with zero attached hydrogens (tertiary/aromatic N) is 1. The van der Waals surface area contributed by atoms with Crippen LogP contribution in [0.4, 0.5) is 5.69 Å². The Morgan fingerprint density at radius 1 is 1.16 bits per heavy atom. The Bertz CT molecular complexity index is 874. The Labute approximate surface area is 143 Å². The summed E-state index contributed by atoms with van der Waals surface area (Å²) in [6, 6.07) is 6.84. The van der Waals surface area contributed by atoms with Crippen molar-refractivity contribution in [2.75, 3.05) is 12.1 Å². The zero-order chi connectivity index (χ0) is 17.6. The zero-order valence-electron chi connectivity index (χ0n) is 13.0.